The molecule has 0 spiro atoms. The van der Waals surface area contributed by atoms with Crippen molar-refractivity contribution in [3.05, 3.63) is 53.0 Å². The highest BCUT2D eigenvalue weighted by molar-refractivity contribution is 7.92. The molecule has 0 fully saturated rings. The quantitative estimate of drug-likeness (QED) is 0.775. The van der Waals surface area contributed by atoms with Crippen LogP contribution in [0.2, 0.25) is 0 Å². The standard InChI is InChI=1S/C19H23NO6S/c1-12(2)27(24,25)16-7-5-14(6-8-16)9-18(21)20(4)11-15-10-17(19(22)23)13(3)26-15/h5-8,10,12H,9,11H2,1-4H3,(H,22,23). The van der Waals surface area contributed by atoms with Crippen LogP contribution < -0.4 is 0 Å². The van der Waals surface area contributed by atoms with Gasteiger partial charge in [-0.25, -0.2) is 13.2 Å². The number of amides is 1. The number of aromatic carboxylic acids is 1. The Morgan fingerprint density at radius 2 is 1.78 bits per heavy atom. The van der Waals surface area contributed by atoms with E-state index in [-0.39, 0.29) is 29.3 Å². The molecule has 8 heteroatoms. The molecule has 1 aromatic carbocycles. The predicted octanol–water partition coefficient (Wildman–Crippen LogP) is 2.67. The van der Waals surface area contributed by atoms with E-state index in [1.54, 1.807) is 40.0 Å². The molecule has 2 aromatic rings. The number of carbonyl (C=O) groups excluding carboxylic acids is 1. The van der Waals surface area contributed by atoms with E-state index in [1.807, 2.05) is 0 Å². The van der Waals surface area contributed by atoms with Crippen molar-refractivity contribution in [2.45, 2.75) is 43.9 Å². The molecule has 0 aliphatic rings. The number of sulfone groups is 1. The first kappa shape index (κ1) is 20.7. The molecule has 1 heterocycles. The second kappa shape index (κ2) is 7.96. The van der Waals surface area contributed by atoms with Gasteiger partial charge in [-0.3, -0.25) is 4.79 Å². The Morgan fingerprint density at radius 3 is 2.26 bits per heavy atom. The van der Waals surface area contributed by atoms with Crippen LogP contribution in [0.15, 0.2) is 39.6 Å². The first-order chi connectivity index (χ1) is 12.5. The maximum Gasteiger partial charge on any atom is 0.339 e. The van der Waals surface area contributed by atoms with Gasteiger partial charge in [-0.1, -0.05) is 12.1 Å². The number of benzene rings is 1. The van der Waals surface area contributed by atoms with Gasteiger partial charge in [0.25, 0.3) is 0 Å². The van der Waals surface area contributed by atoms with E-state index in [4.69, 9.17) is 9.52 Å². The van der Waals surface area contributed by atoms with E-state index in [0.717, 1.165) is 0 Å². The molecule has 0 saturated carbocycles. The van der Waals surface area contributed by atoms with Gasteiger partial charge in [0.15, 0.2) is 9.84 Å². The number of hydrogen-bond donors (Lipinski definition) is 1. The van der Waals surface area contributed by atoms with E-state index < -0.39 is 21.1 Å². The third-order valence-corrected chi connectivity index (χ3v) is 6.42. The average Bonchev–Trinajstić information content (AvgIpc) is 2.95. The Labute approximate surface area is 158 Å². The first-order valence-corrected chi connectivity index (χ1v) is 9.96. The molecule has 0 aliphatic heterocycles. The number of nitrogens with zero attached hydrogens (tertiary/aromatic N) is 1. The average molecular weight is 393 g/mol. The number of carboxylic acids is 1. The van der Waals surface area contributed by atoms with Crippen LogP contribution in [0.1, 0.15) is 41.3 Å². The largest absolute Gasteiger partial charge is 0.478 e. The summed E-state index contributed by atoms with van der Waals surface area (Å²) in [6.45, 7) is 4.94. The van der Waals surface area contributed by atoms with E-state index in [2.05, 4.69) is 0 Å². The monoisotopic (exact) mass is 393 g/mol. The SMILES string of the molecule is Cc1oc(CN(C)C(=O)Cc2ccc(S(=O)(=O)C(C)C)cc2)cc1C(=O)O. The van der Waals surface area contributed by atoms with Gasteiger partial charge < -0.3 is 14.4 Å². The van der Waals surface area contributed by atoms with Crippen LogP contribution in [0.5, 0.6) is 0 Å². The molecular formula is C19H23NO6S. The zero-order valence-corrected chi connectivity index (χ0v) is 16.5. The minimum Gasteiger partial charge on any atom is -0.478 e. The highest BCUT2D eigenvalue weighted by Gasteiger charge is 2.20. The Bertz CT molecular complexity index is 941. The first-order valence-electron chi connectivity index (χ1n) is 8.41. The summed E-state index contributed by atoms with van der Waals surface area (Å²) in [6, 6.07) is 7.67. The Morgan fingerprint density at radius 1 is 1.19 bits per heavy atom. The minimum absolute atomic E-state index is 0.0767. The number of likely N-dealkylation sites (N-methyl/N-ethyl adjacent to an activating group) is 1. The van der Waals surface area contributed by atoms with Crippen LogP contribution in [-0.4, -0.2) is 42.6 Å². The van der Waals surface area contributed by atoms with Crippen LogP contribution >= 0.6 is 0 Å². The van der Waals surface area contributed by atoms with Crippen molar-refractivity contribution >= 4 is 21.7 Å². The van der Waals surface area contributed by atoms with Gasteiger partial charge in [0.2, 0.25) is 5.91 Å². The number of carboxylic acid groups (broad SMARTS) is 1. The molecule has 0 saturated heterocycles. The summed E-state index contributed by atoms with van der Waals surface area (Å²) in [5.74, 6) is -0.590. The molecule has 146 valence electrons. The lowest BCUT2D eigenvalue weighted by atomic mass is 10.1. The van der Waals surface area contributed by atoms with E-state index in [9.17, 15) is 18.0 Å². The Hall–Kier alpha value is -2.61. The van der Waals surface area contributed by atoms with Gasteiger partial charge in [0.1, 0.15) is 17.1 Å². The van der Waals surface area contributed by atoms with Crippen molar-refractivity contribution in [3.63, 3.8) is 0 Å². The fourth-order valence-corrected chi connectivity index (χ4v) is 3.59. The van der Waals surface area contributed by atoms with Gasteiger partial charge in [-0.05, 0) is 44.5 Å². The summed E-state index contributed by atoms with van der Waals surface area (Å²) in [4.78, 5) is 25.1. The fourth-order valence-electron chi connectivity index (χ4n) is 2.53. The smallest absolute Gasteiger partial charge is 0.339 e. The van der Waals surface area contributed by atoms with Crippen LogP contribution in [0, 0.1) is 6.92 Å². The summed E-state index contributed by atoms with van der Waals surface area (Å²) >= 11 is 0. The number of carbonyl (C=O) groups is 2. The second-order valence-electron chi connectivity index (χ2n) is 6.65. The molecule has 0 aliphatic carbocycles. The Balaban J connectivity index is 2.04. The number of hydrogen-bond acceptors (Lipinski definition) is 5. The lowest BCUT2D eigenvalue weighted by Crippen LogP contribution is -2.27. The lowest BCUT2D eigenvalue weighted by Gasteiger charge is -2.16. The highest BCUT2D eigenvalue weighted by Crippen LogP contribution is 2.18. The predicted molar refractivity (Wildman–Crippen MR) is 99.3 cm³/mol. The lowest BCUT2D eigenvalue weighted by molar-refractivity contribution is -0.129. The molecule has 0 atom stereocenters. The molecule has 27 heavy (non-hydrogen) atoms. The van der Waals surface area contributed by atoms with E-state index >= 15 is 0 Å². The summed E-state index contributed by atoms with van der Waals surface area (Å²) in [5, 5.41) is 8.54. The van der Waals surface area contributed by atoms with Gasteiger partial charge in [-0.2, -0.15) is 0 Å². The van der Waals surface area contributed by atoms with E-state index in [1.165, 1.54) is 23.1 Å². The number of aryl methyl sites for hydroxylation is 1. The van der Waals surface area contributed by atoms with Gasteiger partial charge in [0, 0.05) is 7.05 Å². The van der Waals surface area contributed by atoms with Crippen molar-refractivity contribution in [2.24, 2.45) is 0 Å². The zero-order valence-electron chi connectivity index (χ0n) is 15.7. The van der Waals surface area contributed by atoms with Gasteiger partial charge in [0.05, 0.1) is 23.1 Å². The van der Waals surface area contributed by atoms with Crippen LogP contribution in [0.3, 0.4) is 0 Å². The molecule has 1 aromatic heterocycles. The molecule has 1 N–H and O–H groups in total. The minimum atomic E-state index is -3.34. The zero-order chi connectivity index (χ0) is 20.4. The number of furan rings is 1. The molecule has 0 bridgehead atoms. The summed E-state index contributed by atoms with van der Waals surface area (Å²) < 4.78 is 29.6. The van der Waals surface area contributed by atoms with Gasteiger partial charge >= 0.3 is 5.97 Å². The van der Waals surface area contributed by atoms with Gasteiger partial charge in [-0.15, -0.1) is 0 Å². The topological polar surface area (TPSA) is 105 Å². The Kier molecular flexibility index (Phi) is 6.10. The molecule has 1 amide bonds. The second-order valence-corrected chi connectivity index (χ2v) is 9.16. The molecule has 0 unspecified atom stereocenters. The third-order valence-electron chi connectivity index (χ3n) is 4.25. The molecule has 0 radical (unpaired) electrons. The van der Waals surface area contributed by atoms with Crippen molar-refractivity contribution in [2.75, 3.05) is 7.05 Å². The third kappa shape index (κ3) is 4.77. The van der Waals surface area contributed by atoms with Crippen LogP contribution in [0.25, 0.3) is 0 Å². The number of rotatable bonds is 7. The van der Waals surface area contributed by atoms with Crippen LogP contribution in [-0.2, 0) is 27.6 Å². The van der Waals surface area contributed by atoms with Crippen molar-refractivity contribution in [1.29, 1.82) is 0 Å². The van der Waals surface area contributed by atoms with Crippen molar-refractivity contribution in [1.82, 2.24) is 4.90 Å². The maximum absolute atomic E-state index is 12.4. The summed E-state index contributed by atoms with van der Waals surface area (Å²) in [6.07, 6.45) is 0.101. The van der Waals surface area contributed by atoms with Crippen molar-refractivity contribution < 1.29 is 27.5 Å². The van der Waals surface area contributed by atoms with Crippen molar-refractivity contribution in [3.8, 4) is 0 Å². The molecular weight excluding hydrogens is 370 g/mol. The highest BCUT2D eigenvalue weighted by atomic mass is 32.2. The maximum atomic E-state index is 12.4. The van der Waals surface area contributed by atoms with Crippen LogP contribution in [0.4, 0.5) is 0 Å². The molecule has 2 rings (SSSR count). The normalized spacial score (nSPS) is 11.6. The van der Waals surface area contributed by atoms with E-state index in [0.29, 0.717) is 17.1 Å². The summed E-state index contributed by atoms with van der Waals surface area (Å²) in [7, 11) is -1.75. The molecule has 7 nitrogen and oxygen atoms in total. The fraction of sp³-hybridized carbons (Fsp3) is 0.368. The summed E-state index contributed by atoms with van der Waals surface area (Å²) in [5.41, 5.74) is 0.768.